The molecule has 4 heteroatoms. The fourth-order valence-corrected chi connectivity index (χ4v) is 1.26. The van der Waals surface area contributed by atoms with Gasteiger partial charge in [0.05, 0.1) is 17.4 Å². The number of hydrogen-bond donors (Lipinski definition) is 0. The first-order chi connectivity index (χ1) is 7.25. The summed E-state index contributed by atoms with van der Waals surface area (Å²) in [7, 11) is 0. The van der Waals surface area contributed by atoms with Crippen LogP contribution in [0, 0.1) is 6.92 Å². The van der Waals surface area contributed by atoms with E-state index < -0.39 is 0 Å². The molecule has 0 amide bonds. The minimum absolute atomic E-state index is 0.568. The summed E-state index contributed by atoms with van der Waals surface area (Å²) >= 11 is 5.94. The van der Waals surface area contributed by atoms with Crippen molar-refractivity contribution in [1.29, 1.82) is 0 Å². The molecule has 0 saturated carbocycles. The highest BCUT2D eigenvalue weighted by molar-refractivity contribution is 6.32. The third kappa shape index (κ3) is 2.44. The van der Waals surface area contributed by atoms with Crippen molar-refractivity contribution in [3.8, 4) is 11.5 Å². The molecule has 1 aromatic carbocycles. The molecule has 76 valence electrons. The predicted octanol–water partition coefficient (Wildman–Crippen LogP) is 3.23. The number of para-hydroxylation sites is 1. The van der Waals surface area contributed by atoms with Gasteiger partial charge in [0.1, 0.15) is 11.6 Å². The molecule has 0 aliphatic heterocycles. The first kappa shape index (κ1) is 9.93. The summed E-state index contributed by atoms with van der Waals surface area (Å²) in [5, 5.41) is 0.568. The smallest absolute Gasteiger partial charge is 0.164 e. The normalized spacial score (nSPS) is 10.0. The van der Waals surface area contributed by atoms with E-state index >= 15 is 0 Å². The quantitative estimate of drug-likeness (QED) is 0.780. The van der Waals surface area contributed by atoms with Crippen LogP contribution in [-0.4, -0.2) is 9.97 Å². The van der Waals surface area contributed by atoms with E-state index in [0.29, 0.717) is 22.3 Å². The zero-order valence-corrected chi connectivity index (χ0v) is 8.90. The first-order valence-electron chi connectivity index (χ1n) is 4.47. The van der Waals surface area contributed by atoms with Crippen LogP contribution in [0.3, 0.4) is 0 Å². The van der Waals surface area contributed by atoms with Gasteiger partial charge in [-0.15, -0.1) is 0 Å². The van der Waals surface area contributed by atoms with Gasteiger partial charge >= 0.3 is 0 Å². The Morgan fingerprint density at radius 3 is 2.47 bits per heavy atom. The first-order valence-corrected chi connectivity index (χ1v) is 4.84. The van der Waals surface area contributed by atoms with Gasteiger partial charge in [0, 0.05) is 0 Å². The summed E-state index contributed by atoms with van der Waals surface area (Å²) in [6.07, 6.45) is 3.23. The average Bonchev–Trinajstić information content (AvgIpc) is 2.25. The molecule has 2 aromatic rings. The maximum atomic E-state index is 5.94. The number of rotatable bonds is 2. The van der Waals surface area contributed by atoms with Gasteiger partial charge in [-0.25, -0.2) is 9.97 Å². The van der Waals surface area contributed by atoms with Crippen LogP contribution in [0.25, 0.3) is 0 Å². The third-order valence-corrected chi connectivity index (χ3v) is 2.13. The molecule has 0 aliphatic carbocycles. The van der Waals surface area contributed by atoms with E-state index in [1.165, 1.54) is 0 Å². The molecule has 0 fully saturated rings. The van der Waals surface area contributed by atoms with Gasteiger partial charge in [-0.3, -0.25) is 0 Å². The van der Waals surface area contributed by atoms with E-state index in [4.69, 9.17) is 16.3 Å². The van der Waals surface area contributed by atoms with Crippen molar-refractivity contribution in [1.82, 2.24) is 9.97 Å². The van der Waals surface area contributed by atoms with Gasteiger partial charge in [0.25, 0.3) is 0 Å². The number of halogens is 1. The largest absolute Gasteiger partial charge is 0.453 e. The lowest BCUT2D eigenvalue weighted by atomic mass is 10.3. The third-order valence-electron chi connectivity index (χ3n) is 1.82. The number of aryl methyl sites for hydroxylation is 1. The molecule has 0 radical (unpaired) electrons. The lowest BCUT2D eigenvalue weighted by molar-refractivity contribution is 0.477. The zero-order valence-electron chi connectivity index (χ0n) is 8.14. The molecule has 1 aromatic heterocycles. The molecule has 1 heterocycles. The second kappa shape index (κ2) is 4.28. The lowest BCUT2D eigenvalue weighted by Gasteiger charge is -2.05. The van der Waals surface area contributed by atoms with E-state index in [9.17, 15) is 0 Å². The lowest BCUT2D eigenvalue weighted by Crippen LogP contribution is -1.90. The van der Waals surface area contributed by atoms with Crippen molar-refractivity contribution in [2.45, 2.75) is 6.92 Å². The van der Waals surface area contributed by atoms with E-state index in [1.54, 1.807) is 24.5 Å². The summed E-state index contributed by atoms with van der Waals surface area (Å²) in [6.45, 7) is 1.82. The van der Waals surface area contributed by atoms with Crippen LogP contribution in [-0.2, 0) is 0 Å². The van der Waals surface area contributed by atoms with Gasteiger partial charge in [-0.2, -0.15) is 0 Å². The van der Waals surface area contributed by atoms with Crippen LogP contribution in [0.15, 0.2) is 36.7 Å². The van der Waals surface area contributed by atoms with Crippen molar-refractivity contribution in [2.24, 2.45) is 0 Å². The number of ether oxygens (including phenoxy) is 1. The highest BCUT2D eigenvalue weighted by Gasteiger charge is 2.01. The second-order valence-corrected chi connectivity index (χ2v) is 3.41. The van der Waals surface area contributed by atoms with Crippen molar-refractivity contribution in [3.63, 3.8) is 0 Å². The Morgan fingerprint density at radius 1 is 1.13 bits per heavy atom. The average molecular weight is 221 g/mol. The van der Waals surface area contributed by atoms with Crippen molar-refractivity contribution >= 4 is 11.6 Å². The van der Waals surface area contributed by atoms with Crippen molar-refractivity contribution in [3.05, 3.63) is 47.5 Å². The molecule has 0 aliphatic rings. The summed E-state index contributed by atoms with van der Waals surface area (Å²) in [4.78, 5) is 8.05. The van der Waals surface area contributed by atoms with Crippen LogP contribution in [0.1, 0.15) is 5.82 Å². The molecule has 0 unspecified atom stereocenters. The van der Waals surface area contributed by atoms with Crippen LogP contribution in [0.2, 0.25) is 5.02 Å². The van der Waals surface area contributed by atoms with E-state index in [1.807, 2.05) is 19.1 Å². The summed E-state index contributed by atoms with van der Waals surface area (Å²) in [6, 6.07) is 7.27. The second-order valence-electron chi connectivity index (χ2n) is 3.00. The maximum absolute atomic E-state index is 5.94. The fourth-order valence-electron chi connectivity index (χ4n) is 1.09. The van der Waals surface area contributed by atoms with Gasteiger partial charge in [0.2, 0.25) is 0 Å². The van der Waals surface area contributed by atoms with Crippen LogP contribution in [0.5, 0.6) is 11.5 Å². The number of nitrogens with zero attached hydrogens (tertiary/aromatic N) is 2. The highest BCUT2D eigenvalue weighted by atomic mass is 35.5. The fraction of sp³-hybridized carbons (Fsp3) is 0.0909. The Hall–Kier alpha value is -1.61. The Kier molecular flexibility index (Phi) is 2.83. The molecular formula is C11H9ClN2O. The van der Waals surface area contributed by atoms with Crippen molar-refractivity contribution < 1.29 is 4.74 Å². The van der Waals surface area contributed by atoms with E-state index in [-0.39, 0.29) is 0 Å². The Bertz CT molecular complexity index is 456. The summed E-state index contributed by atoms with van der Waals surface area (Å²) in [5.74, 6) is 1.89. The molecule has 0 atom stereocenters. The minimum atomic E-state index is 0.568. The van der Waals surface area contributed by atoms with Gasteiger partial charge < -0.3 is 4.74 Å². The molecule has 0 bridgehead atoms. The summed E-state index contributed by atoms with van der Waals surface area (Å²) < 4.78 is 5.51. The number of aromatic nitrogens is 2. The molecule has 0 spiro atoms. The maximum Gasteiger partial charge on any atom is 0.164 e. The Morgan fingerprint density at radius 2 is 1.80 bits per heavy atom. The molecule has 3 nitrogen and oxygen atoms in total. The van der Waals surface area contributed by atoms with Crippen LogP contribution < -0.4 is 4.74 Å². The van der Waals surface area contributed by atoms with E-state index in [2.05, 4.69) is 9.97 Å². The van der Waals surface area contributed by atoms with Crippen LogP contribution >= 0.6 is 11.6 Å². The molecule has 0 saturated heterocycles. The minimum Gasteiger partial charge on any atom is -0.453 e. The monoisotopic (exact) mass is 220 g/mol. The van der Waals surface area contributed by atoms with E-state index in [0.717, 1.165) is 0 Å². The Labute approximate surface area is 92.7 Å². The van der Waals surface area contributed by atoms with Gasteiger partial charge in [-0.1, -0.05) is 23.7 Å². The molecule has 2 rings (SSSR count). The van der Waals surface area contributed by atoms with Crippen molar-refractivity contribution in [2.75, 3.05) is 0 Å². The predicted molar refractivity (Wildman–Crippen MR) is 58.3 cm³/mol. The zero-order chi connectivity index (χ0) is 10.7. The number of benzene rings is 1. The molecular weight excluding hydrogens is 212 g/mol. The summed E-state index contributed by atoms with van der Waals surface area (Å²) in [5.41, 5.74) is 0. The topological polar surface area (TPSA) is 35.0 Å². The standard InChI is InChI=1S/C11H9ClN2O/c1-8-13-6-9(7-14-8)15-11-5-3-2-4-10(11)12/h2-7H,1H3. The molecule has 15 heavy (non-hydrogen) atoms. The highest BCUT2D eigenvalue weighted by Crippen LogP contribution is 2.27. The SMILES string of the molecule is Cc1ncc(Oc2ccccc2Cl)cn1. The number of hydrogen-bond acceptors (Lipinski definition) is 3. The molecule has 0 N–H and O–H groups in total. The van der Waals surface area contributed by atoms with Crippen LogP contribution in [0.4, 0.5) is 0 Å². The Balaban J connectivity index is 2.22. The van der Waals surface area contributed by atoms with Gasteiger partial charge in [-0.05, 0) is 19.1 Å². The van der Waals surface area contributed by atoms with Gasteiger partial charge in [0.15, 0.2) is 5.75 Å².